The van der Waals surface area contributed by atoms with Crippen molar-refractivity contribution in [3.8, 4) is 10.6 Å². The number of benzene rings is 3. The summed E-state index contributed by atoms with van der Waals surface area (Å²) in [6.45, 7) is 2.07. The van der Waals surface area contributed by atoms with Gasteiger partial charge in [0.2, 0.25) is 5.91 Å². The molecule has 0 saturated heterocycles. The number of nitrogens with zero attached hydrogens (tertiary/aromatic N) is 1. The first-order chi connectivity index (χ1) is 15.6. The van der Waals surface area contributed by atoms with Gasteiger partial charge in [-0.1, -0.05) is 18.2 Å². The third-order valence-corrected chi connectivity index (χ3v) is 6.13. The molecular weight excluding hydrogens is 420 g/mol. The number of para-hydroxylation sites is 1. The van der Waals surface area contributed by atoms with Crippen molar-refractivity contribution < 1.29 is 9.21 Å². The number of carbonyl (C=O) groups excluding carboxylic acids is 1. The predicted octanol–water partition coefficient (Wildman–Crippen LogP) is 6.03. The fraction of sp³-hybridized carbons (Fsp3) is 0.0385. The average molecular weight is 439 g/mol. The summed E-state index contributed by atoms with van der Waals surface area (Å²) in [5, 5.41) is 4.22. The van der Waals surface area contributed by atoms with Crippen LogP contribution >= 0.6 is 11.3 Å². The fourth-order valence-electron chi connectivity index (χ4n) is 3.41. The Hall–Kier alpha value is -4.03. The van der Waals surface area contributed by atoms with E-state index in [1.54, 1.807) is 35.6 Å². The number of amides is 1. The molecule has 5 nitrogen and oxygen atoms in total. The van der Waals surface area contributed by atoms with Crippen LogP contribution in [0.3, 0.4) is 0 Å². The monoisotopic (exact) mass is 438 g/mol. The fourth-order valence-corrected chi connectivity index (χ4v) is 4.48. The van der Waals surface area contributed by atoms with E-state index in [1.165, 1.54) is 24.0 Å². The lowest BCUT2D eigenvalue weighted by molar-refractivity contribution is -0.111. The zero-order valence-corrected chi connectivity index (χ0v) is 18.0. The lowest BCUT2D eigenvalue weighted by atomic mass is 10.1. The van der Waals surface area contributed by atoms with E-state index in [0.717, 1.165) is 20.8 Å². The van der Waals surface area contributed by atoms with Gasteiger partial charge in [0, 0.05) is 17.3 Å². The molecular formula is C26H18N2O3S. The van der Waals surface area contributed by atoms with E-state index in [0.29, 0.717) is 22.2 Å². The molecule has 32 heavy (non-hydrogen) atoms. The van der Waals surface area contributed by atoms with Gasteiger partial charge in [-0.15, -0.1) is 11.3 Å². The summed E-state index contributed by atoms with van der Waals surface area (Å²) < 4.78 is 6.62. The Bertz CT molecular complexity index is 1550. The molecule has 6 heteroatoms. The first-order valence-corrected chi connectivity index (χ1v) is 10.9. The minimum atomic E-state index is -0.333. The van der Waals surface area contributed by atoms with Crippen LogP contribution in [0.1, 0.15) is 11.1 Å². The molecule has 3 aromatic carbocycles. The number of carbonyl (C=O) groups is 1. The second kappa shape index (κ2) is 8.24. The molecule has 2 heterocycles. The summed E-state index contributed by atoms with van der Waals surface area (Å²) in [4.78, 5) is 29.5. The minimum Gasteiger partial charge on any atom is -0.463 e. The number of fused-ring (bicyclic) bond motifs is 2. The highest BCUT2D eigenvalue weighted by atomic mass is 32.1. The Balaban J connectivity index is 1.30. The molecule has 1 amide bonds. The van der Waals surface area contributed by atoms with Gasteiger partial charge in [0.1, 0.15) is 16.9 Å². The topological polar surface area (TPSA) is 72.2 Å². The zero-order valence-electron chi connectivity index (χ0n) is 17.2. The van der Waals surface area contributed by atoms with Gasteiger partial charge in [-0.2, -0.15) is 0 Å². The molecule has 0 unspecified atom stereocenters. The number of aromatic nitrogens is 1. The van der Waals surface area contributed by atoms with Crippen LogP contribution in [0.15, 0.2) is 88.3 Å². The number of hydrogen-bond acceptors (Lipinski definition) is 5. The van der Waals surface area contributed by atoms with Crippen LogP contribution in [-0.2, 0) is 4.79 Å². The molecule has 0 aliphatic carbocycles. The molecule has 1 N–H and O–H groups in total. The van der Waals surface area contributed by atoms with E-state index in [2.05, 4.69) is 29.4 Å². The van der Waals surface area contributed by atoms with Gasteiger partial charge in [-0.25, -0.2) is 4.98 Å². The number of thiazole rings is 1. The van der Waals surface area contributed by atoms with E-state index in [9.17, 15) is 9.59 Å². The van der Waals surface area contributed by atoms with Gasteiger partial charge in [0.25, 0.3) is 0 Å². The van der Waals surface area contributed by atoms with Crippen molar-refractivity contribution in [3.05, 3.63) is 100 Å². The summed E-state index contributed by atoms with van der Waals surface area (Å²) in [6.07, 6.45) is 4.15. The van der Waals surface area contributed by atoms with E-state index >= 15 is 0 Å². The summed E-state index contributed by atoms with van der Waals surface area (Å²) in [5.74, 6) is -0.333. The summed E-state index contributed by atoms with van der Waals surface area (Å²) in [7, 11) is 0. The van der Waals surface area contributed by atoms with Gasteiger partial charge < -0.3 is 9.73 Å². The highest BCUT2D eigenvalue weighted by Gasteiger charge is 2.08. The highest BCUT2D eigenvalue weighted by Crippen LogP contribution is 2.31. The quantitative estimate of drug-likeness (QED) is 0.348. The molecule has 5 rings (SSSR count). The standard InChI is InChI=1S/C26H18N2O3S/c1-16-6-12-21-23(14-16)32-26(28-21)17-7-10-19(11-8-17)27-24(29)13-9-18-15-31-22-5-3-2-4-20(22)25(18)30/h2-15H,1H3,(H,27,29)/b13-9+. The molecule has 0 bridgehead atoms. The van der Waals surface area contributed by atoms with Crippen molar-refractivity contribution in [3.63, 3.8) is 0 Å². The molecule has 5 aromatic rings. The second-order valence-electron chi connectivity index (χ2n) is 7.41. The number of nitrogens with one attached hydrogen (secondary N) is 1. The molecule has 156 valence electrons. The molecule has 0 spiro atoms. The third kappa shape index (κ3) is 3.96. The third-order valence-electron chi connectivity index (χ3n) is 5.06. The van der Waals surface area contributed by atoms with Crippen LogP contribution < -0.4 is 10.7 Å². The van der Waals surface area contributed by atoms with Crippen LogP contribution in [0.2, 0.25) is 0 Å². The van der Waals surface area contributed by atoms with Crippen LogP contribution in [0.5, 0.6) is 0 Å². The van der Waals surface area contributed by atoms with Gasteiger partial charge in [0.15, 0.2) is 5.43 Å². The molecule has 0 fully saturated rings. The van der Waals surface area contributed by atoms with Crippen molar-refractivity contribution >= 4 is 50.2 Å². The first kappa shape index (κ1) is 19.9. The first-order valence-electron chi connectivity index (χ1n) is 10.0. The van der Waals surface area contributed by atoms with Gasteiger partial charge in [0.05, 0.1) is 21.2 Å². The Morgan fingerprint density at radius 1 is 1.06 bits per heavy atom. The van der Waals surface area contributed by atoms with Crippen molar-refractivity contribution in [2.24, 2.45) is 0 Å². The Morgan fingerprint density at radius 3 is 2.72 bits per heavy atom. The van der Waals surface area contributed by atoms with Crippen molar-refractivity contribution in [2.75, 3.05) is 5.32 Å². The molecule has 0 aliphatic rings. The van der Waals surface area contributed by atoms with Crippen LogP contribution in [-0.4, -0.2) is 10.9 Å². The number of aryl methyl sites for hydroxylation is 1. The SMILES string of the molecule is Cc1ccc2nc(-c3ccc(NC(=O)/C=C/c4coc5ccccc5c4=O)cc3)sc2c1. The normalized spacial score (nSPS) is 11.4. The zero-order chi connectivity index (χ0) is 22.1. The molecule has 0 saturated carbocycles. The molecule has 0 aliphatic heterocycles. The summed E-state index contributed by atoms with van der Waals surface area (Å²) in [6, 6.07) is 20.8. The van der Waals surface area contributed by atoms with Gasteiger partial charge in [-0.05, 0) is 67.1 Å². The van der Waals surface area contributed by atoms with Gasteiger partial charge in [-0.3, -0.25) is 9.59 Å². The molecule has 2 aromatic heterocycles. The van der Waals surface area contributed by atoms with E-state index < -0.39 is 0 Å². The molecule has 0 radical (unpaired) electrons. The Labute approximate surface area is 187 Å². The van der Waals surface area contributed by atoms with Crippen LogP contribution in [0, 0.1) is 6.92 Å². The second-order valence-corrected chi connectivity index (χ2v) is 8.44. The Morgan fingerprint density at radius 2 is 1.88 bits per heavy atom. The average Bonchev–Trinajstić information content (AvgIpc) is 3.22. The largest absolute Gasteiger partial charge is 0.463 e. The maximum absolute atomic E-state index is 12.5. The highest BCUT2D eigenvalue weighted by molar-refractivity contribution is 7.21. The lowest BCUT2D eigenvalue weighted by Crippen LogP contribution is -2.09. The van der Waals surface area contributed by atoms with Crippen LogP contribution in [0.25, 0.3) is 37.8 Å². The van der Waals surface area contributed by atoms with E-state index in [1.807, 2.05) is 30.3 Å². The van der Waals surface area contributed by atoms with Crippen molar-refractivity contribution in [2.45, 2.75) is 6.92 Å². The van der Waals surface area contributed by atoms with E-state index in [4.69, 9.17) is 4.42 Å². The smallest absolute Gasteiger partial charge is 0.248 e. The number of rotatable bonds is 4. The maximum atomic E-state index is 12.5. The maximum Gasteiger partial charge on any atom is 0.248 e. The summed E-state index contributed by atoms with van der Waals surface area (Å²) >= 11 is 1.64. The molecule has 0 atom stereocenters. The minimum absolute atomic E-state index is 0.175. The van der Waals surface area contributed by atoms with Crippen molar-refractivity contribution in [1.29, 1.82) is 0 Å². The Kier molecular flexibility index (Phi) is 5.13. The summed E-state index contributed by atoms with van der Waals surface area (Å²) in [5.41, 5.74) is 4.50. The lowest BCUT2D eigenvalue weighted by Gasteiger charge is -2.03. The number of hydrogen-bond donors (Lipinski definition) is 1. The predicted molar refractivity (Wildman–Crippen MR) is 130 cm³/mol. The number of anilines is 1. The van der Waals surface area contributed by atoms with Crippen molar-refractivity contribution in [1.82, 2.24) is 4.98 Å². The van der Waals surface area contributed by atoms with Crippen LogP contribution in [0.4, 0.5) is 5.69 Å². The van der Waals surface area contributed by atoms with Gasteiger partial charge >= 0.3 is 0 Å². The van der Waals surface area contributed by atoms with E-state index in [-0.39, 0.29) is 11.3 Å².